The van der Waals surface area contributed by atoms with Crippen LogP contribution in [-0.2, 0) is 4.79 Å². The van der Waals surface area contributed by atoms with E-state index in [0.29, 0.717) is 41.9 Å². The van der Waals surface area contributed by atoms with Gasteiger partial charge in [0.1, 0.15) is 5.75 Å². The predicted molar refractivity (Wildman–Crippen MR) is 122 cm³/mol. The first kappa shape index (κ1) is 21.6. The summed E-state index contributed by atoms with van der Waals surface area (Å²) < 4.78 is 5.95. The average Bonchev–Trinajstić information content (AvgIpc) is 3.27. The van der Waals surface area contributed by atoms with Crippen molar-refractivity contribution in [3.8, 4) is 5.75 Å². The maximum atomic E-state index is 12.3. The molecule has 5 nitrogen and oxygen atoms in total. The van der Waals surface area contributed by atoms with E-state index in [2.05, 4.69) is 22.8 Å². The first-order chi connectivity index (χ1) is 14.2. The van der Waals surface area contributed by atoms with Crippen LogP contribution in [0.25, 0.3) is 0 Å². The van der Waals surface area contributed by atoms with Gasteiger partial charge in [0.2, 0.25) is 5.91 Å². The molecule has 7 heteroatoms. The molecule has 0 saturated carbocycles. The Morgan fingerprint density at radius 1 is 1.10 bits per heavy atom. The van der Waals surface area contributed by atoms with Gasteiger partial charge in [0.05, 0.1) is 16.8 Å². The second-order valence-electron chi connectivity index (χ2n) is 6.54. The molecule has 2 N–H and O–H groups in total. The van der Waals surface area contributed by atoms with Crippen LogP contribution < -0.4 is 15.4 Å². The zero-order valence-electron chi connectivity index (χ0n) is 16.5. The minimum atomic E-state index is -0.186. The van der Waals surface area contributed by atoms with Crippen molar-refractivity contribution in [2.75, 3.05) is 30.0 Å². The Labute approximate surface area is 180 Å². The third kappa shape index (κ3) is 6.44. The number of carbonyl (C=O) groups is 2. The van der Waals surface area contributed by atoms with Gasteiger partial charge in [-0.2, -0.15) is 0 Å². The molecule has 2 aromatic rings. The number of nitrogens with one attached hydrogen (secondary N) is 2. The van der Waals surface area contributed by atoms with E-state index < -0.39 is 0 Å². The molecule has 2 aromatic carbocycles. The molecule has 1 aliphatic heterocycles. The molecule has 3 rings (SSSR count). The van der Waals surface area contributed by atoms with Gasteiger partial charge in [-0.1, -0.05) is 24.3 Å². The smallest absolute Gasteiger partial charge is 0.255 e. The number of hydrogen-bond donors (Lipinski definition) is 2. The number of rotatable bonds is 9. The molecular formula is C22H26N2O3S2. The lowest BCUT2D eigenvalue weighted by molar-refractivity contribution is -0.116. The fraction of sp³-hybridized carbons (Fsp3) is 0.364. The Balaban J connectivity index is 1.42. The van der Waals surface area contributed by atoms with Gasteiger partial charge in [-0.25, -0.2) is 0 Å². The highest BCUT2D eigenvalue weighted by molar-refractivity contribution is 8.19. The predicted octanol–water partition coefficient (Wildman–Crippen LogP) is 4.71. The summed E-state index contributed by atoms with van der Waals surface area (Å²) in [6, 6.07) is 15.2. The molecule has 0 unspecified atom stereocenters. The number of thioether (sulfide) groups is 2. The maximum absolute atomic E-state index is 12.3. The lowest BCUT2D eigenvalue weighted by Gasteiger charge is -2.12. The summed E-state index contributed by atoms with van der Waals surface area (Å²) in [7, 11) is 0. The summed E-state index contributed by atoms with van der Waals surface area (Å²) in [5.74, 6) is 2.69. The number of anilines is 1. The quantitative estimate of drug-likeness (QED) is 0.564. The fourth-order valence-electron chi connectivity index (χ4n) is 3.02. The monoisotopic (exact) mass is 430 g/mol. The van der Waals surface area contributed by atoms with Crippen molar-refractivity contribution in [1.82, 2.24) is 5.32 Å². The highest BCUT2D eigenvalue weighted by atomic mass is 32.2. The Bertz CT molecular complexity index is 838. The first-order valence-electron chi connectivity index (χ1n) is 9.80. The summed E-state index contributed by atoms with van der Waals surface area (Å²) in [6.45, 7) is 2.82. The molecule has 1 fully saturated rings. The van der Waals surface area contributed by atoms with Crippen molar-refractivity contribution >= 4 is 41.0 Å². The molecule has 0 aliphatic carbocycles. The lowest BCUT2D eigenvalue weighted by atomic mass is 10.2. The number of benzene rings is 2. The molecule has 2 amide bonds. The zero-order valence-corrected chi connectivity index (χ0v) is 18.1. The van der Waals surface area contributed by atoms with Crippen molar-refractivity contribution in [2.24, 2.45) is 0 Å². The molecule has 1 saturated heterocycles. The van der Waals surface area contributed by atoms with Crippen molar-refractivity contribution in [1.29, 1.82) is 0 Å². The van der Waals surface area contributed by atoms with E-state index >= 15 is 0 Å². The van der Waals surface area contributed by atoms with Gasteiger partial charge in [-0.3, -0.25) is 9.59 Å². The van der Waals surface area contributed by atoms with Crippen molar-refractivity contribution in [2.45, 2.75) is 24.3 Å². The van der Waals surface area contributed by atoms with Crippen molar-refractivity contribution in [3.63, 3.8) is 0 Å². The minimum Gasteiger partial charge on any atom is -0.493 e. The standard InChI is InChI=1S/C22H26N2O3S2/c1-2-27-19-10-4-3-9-18(19)21(26)23-12-6-11-20(25)24-17-8-5-7-16(15-17)22-28-13-14-29-22/h3-5,7-10,15,22H,2,6,11-14H2,1H3,(H,23,26)(H,24,25). The van der Waals surface area contributed by atoms with Crippen LogP contribution in [0.2, 0.25) is 0 Å². The van der Waals surface area contributed by atoms with E-state index in [4.69, 9.17) is 4.74 Å². The van der Waals surface area contributed by atoms with Crippen LogP contribution in [0.15, 0.2) is 48.5 Å². The van der Waals surface area contributed by atoms with Crippen LogP contribution in [0.1, 0.15) is 40.3 Å². The summed E-state index contributed by atoms with van der Waals surface area (Å²) in [6.07, 6.45) is 0.924. The molecule has 0 bridgehead atoms. The third-order valence-electron chi connectivity index (χ3n) is 4.36. The summed E-state index contributed by atoms with van der Waals surface area (Å²) in [4.78, 5) is 24.6. The van der Waals surface area contributed by atoms with Gasteiger partial charge >= 0.3 is 0 Å². The van der Waals surface area contributed by atoms with E-state index in [-0.39, 0.29) is 11.8 Å². The van der Waals surface area contributed by atoms with Gasteiger partial charge in [0, 0.05) is 30.2 Å². The molecule has 0 spiro atoms. The van der Waals surface area contributed by atoms with Crippen molar-refractivity contribution in [3.05, 3.63) is 59.7 Å². The first-order valence-corrected chi connectivity index (χ1v) is 11.9. The van der Waals surface area contributed by atoms with Crippen LogP contribution in [0.3, 0.4) is 0 Å². The average molecular weight is 431 g/mol. The van der Waals surface area contributed by atoms with Gasteiger partial charge in [-0.15, -0.1) is 23.5 Å². The van der Waals surface area contributed by atoms with E-state index in [1.165, 1.54) is 17.1 Å². The van der Waals surface area contributed by atoms with Crippen molar-refractivity contribution < 1.29 is 14.3 Å². The minimum absolute atomic E-state index is 0.0437. The van der Waals surface area contributed by atoms with Crippen LogP contribution >= 0.6 is 23.5 Å². The lowest BCUT2D eigenvalue weighted by Crippen LogP contribution is -2.26. The van der Waals surface area contributed by atoms with Crippen LogP contribution in [0.4, 0.5) is 5.69 Å². The normalized spacial score (nSPS) is 13.8. The van der Waals surface area contributed by atoms with Gasteiger partial charge in [0.15, 0.2) is 0 Å². The Hall–Kier alpha value is -2.12. The number of carbonyl (C=O) groups excluding carboxylic acids is 2. The van der Waals surface area contributed by atoms with Gasteiger partial charge in [0.25, 0.3) is 5.91 Å². The van der Waals surface area contributed by atoms with Crippen LogP contribution in [0.5, 0.6) is 5.75 Å². The van der Waals surface area contributed by atoms with E-state index in [0.717, 1.165) is 5.69 Å². The van der Waals surface area contributed by atoms with E-state index in [1.807, 2.05) is 54.7 Å². The summed E-state index contributed by atoms with van der Waals surface area (Å²) in [5, 5.41) is 5.82. The fourth-order valence-corrected chi connectivity index (χ4v) is 5.86. The second-order valence-corrected chi connectivity index (χ2v) is 9.26. The molecule has 0 atom stereocenters. The zero-order chi connectivity index (χ0) is 20.5. The number of ether oxygens (including phenoxy) is 1. The number of amides is 2. The Kier molecular flexibility index (Phi) is 8.31. The molecule has 154 valence electrons. The number of para-hydroxylation sites is 1. The Morgan fingerprint density at radius 3 is 2.69 bits per heavy atom. The number of hydrogen-bond acceptors (Lipinski definition) is 5. The molecular weight excluding hydrogens is 404 g/mol. The second kappa shape index (κ2) is 11.2. The molecule has 1 heterocycles. The third-order valence-corrected chi connectivity index (χ3v) is 7.47. The topological polar surface area (TPSA) is 67.4 Å². The molecule has 29 heavy (non-hydrogen) atoms. The van der Waals surface area contributed by atoms with Crippen LogP contribution in [-0.4, -0.2) is 36.5 Å². The highest BCUT2D eigenvalue weighted by Crippen LogP contribution is 2.45. The SMILES string of the molecule is CCOc1ccccc1C(=O)NCCCC(=O)Nc1cccc(C2SCCS2)c1. The van der Waals surface area contributed by atoms with Gasteiger partial charge < -0.3 is 15.4 Å². The van der Waals surface area contributed by atoms with E-state index in [1.54, 1.807) is 12.1 Å². The maximum Gasteiger partial charge on any atom is 0.255 e. The van der Waals surface area contributed by atoms with Crippen LogP contribution in [0, 0.1) is 0 Å². The van der Waals surface area contributed by atoms with E-state index in [9.17, 15) is 9.59 Å². The summed E-state index contributed by atoms with van der Waals surface area (Å²) >= 11 is 3.89. The molecule has 0 aromatic heterocycles. The molecule has 0 radical (unpaired) electrons. The molecule has 1 aliphatic rings. The largest absolute Gasteiger partial charge is 0.493 e. The Morgan fingerprint density at radius 2 is 1.90 bits per heavy atom. The van der Waals surface area contributed by atoms with Gasteiger partial charge in [-0.05, 0) is 43.2 Å². The highest BCUT2D eigenvalue weighted by Gasteiger charge is 2.18. The summed E-state index contributed by atoms with van der Waals surface area (Å²) in [5.41, 5.74) is 2.59.